The van der Waals surface area contributed by atoms with Crippen LogP contribution in [-0.4, -0.2) is 10.8 Å². The van der Waals surface area contributed by atoms with Crippen LogP contribution in [0.5, 0.6) is 0 Å². The highest BCUT2D eigenvalue weighted by Crippen LogP contribution is 2.24. The van der Waals surface area contributed by atoms with Crippen LogP contribution in [0.25, 0.3) is 10.9 Å². The van der Waals surface area contributed by atoms with Gasteiger partial charge in [0.15, 0.2) is 5.78 Å². The molecule has 0 radical (unpaired) electrons. The molecule has 0 N–H and O–H groups in total. The smallest absolute Gasteiger partial charge is 0.181 e. The van der Waals surface area contributed by atoms with Crippen molar-refractivity contribution < 1.29 is 4.79 Å². The van der Waals surface area contributed by atoms with Crippen LogP contribution in [0.2, 0.25) is 0 Å². The first-order valence-corrected chi connectivity index (χ1v) is 5.67. The van der Waals surface area contributed by atoms with Crippen molar-refractivity contribution in [3.8, 4) is 0 Å². The molecule has 1 aliphatic carbocycles. The van der Waals surface area contributed by atoms with E-state index in [2.05, 4.69) is 23.2 Å². The van der Waals surface area contributed by atoms with Crippen molar-refractivity contribution in [2.45, 2.75) is 26.2 Å². The monoisotopic (exact) mass is 211 g/mol. The molecule has 1 heterocycles. The van der Waals surface area contributed by atoms with Crippen LogP contribution in [0.1, 0.15) is 34.5 Å². The number of aryl methyl sites for hydroxylation is 2. The predicted molar refractivity (Wildman–Crippen MR) is 63.7 cm³/mol. The average Bonchev–Trinajstić information content (AvgIpc) is 2.28. The van der Waals surface area contributed by atoms with E-state index in [1.807, 2.05) is 13.0 Å². The summed E-state index contributed by atoms with van der Waals surface area (Å²) in [5.74, 6) is 0.199. The summed E-state index contributed by atoms with van der Waals surface area (Å²) in [6, 6.07) is 8.32. The fraction of sp³-hybridized carbons (Fsp3) is 0.286. The zero-order chi connectivity index (χ0) is 11.1. The Morgan fingerprint density at radius 1 is 1.19 bits per heavy atom. The molecule has 1 aliphatic rings. The van der Waals surface area contributed by atoms with E-state index < -0.39 is 0 Å². The molecule has 0 unspecified atom stereocenters. The molecule has 0 saturated heterocycles. The van der Waals surface area contributed by atoms with Crippen molar-refractivity contribution in [3.05, 3.63) is 41.1 Å². The molecule has 0 amide bonds. The molecule has 0 atom stereocenters. The summed E-state index contributed by atoms with van der Waals surface area (Å²) < 4.78 is 0. The highest BCUT2D eigenvalue weighted by atomic mass is 16.1. The van der Waals surface area contributed by atoms with Crippen LogP contribution in [0, 0.1) is 6.92 Å². The third kappa shape index (κ3) is 1.42. The number of hydrogen-bond acceptors (Lipinski definition) is 2. The third-order valence-electron chi connectivity index (χ3n) is 3.17. The number of benzene rings is 1. The number of rotatable bonds is 0. The van der Waals surface area contributed by atoms with Gasteiger partial charge >= 0.3 is 0 Å². The number of fused-ring (bicyclic) bond motifs is 2. The molecular weight excluding hydrogens is 198 g/mol. The van der Waals surface area contributed by atoms with Crippen molar-refractivity contribution in [1.82, 2.24) is 4.98 Å². The van der Waals surface area contributed by atoms with Crippen LogP contribution >= 0.6 is 0 Å². The fourth-order valence-electron chi connectivity index (χ4n) is 2.31. The molecule has 0 fully saturated rings. The Morgan fingerprint density at radius 3 is 2.94 bits per heavy atom. The standard InChI is InChI=1S/C14H13NO/c1-9-5-6-10-8-11-3-2-4-13(16)14(11)15-12(10)7-9/h5-8H,2-4H2,1H3. The summed E-state index contributed by atoms with van der Waals surface area (Å²) in [6.07, 6.45) is 2.60. The van der Waals surface area contributed by atoms with Gasteiger partial charge in [0.1, 0.15) is 5.69 Å². The Hall–Kier alpha value is -1.70. The Balaban J connectivity index is 2.30. The van der Waals surface area contributed by atoms with Gasteiger partial charge in [0.25, 0.3) is 0 Å². The topological polar surface area (TPSA) is 30.0 Å². The Bertz CT molecular complexity index is 587. The molecule has 0 saturated carbocycles. The first kappa shape index (κ1) is 9.52. The van der Waals surface area contributed by atoms with Gasteiger partial charge in [-0.1, -0.05) is 12.1 Å². The van der Waals surface area contributed by atoms with Gasteiger partial charge in [-0.05, 0) is 43.0 Å². The van der Waals surface area contributed by atoms with E-state index in [4.69, 9.17) is 0 Å². The van der Waals surface area contributed by atoms with Crippen molar-refractivity contribution in [2.75, 3.05) is 0 Å². The summed E-state index contributed by atoms with van der Waals surface area (Å²) in [7, 11) is 0. The lowest BCUT2D eigenvalue weighted by atomic mass is 9.93. The second-order valence-corrected chi connectivity index (χ2v) is 4.47. The number of carbonyl (C=O) groups is 1. The highest BCUT2D eigenvalue weighted by molar-refractivity contribution is 5.99. The van der Waals surface area contributed by atoms with E-state index in [9.17, 15) is 4.79 Å². The maximum atomic E-state index is 11.8. The molecule has 80 valence electrons. The van der Waals surface area contributed by atoms with Crippen LogP contribution in [-0.2, 0) is 6.42 Å². The average molecular weight is 211 g/mol. The van der Waals surface area contributed by atoms with Gasteiger partial charge in [-0.3, -0.25) is 4.79 Å². The zero-order valence-electron chi connectivity index (χ0n) is 9.29. The van der Waals surface area contributed by atoms with Crippen molar-refractivity contribution in [2.24, 2.45) is 0 Å². The van der Waals surface area contributed by atoms with Crippen molar-refractivity contribution in [1.29, 1.82) is 0 Å². The third-order valence-corrected chi connectivity index (χ3v) is 3.17. The Morgan fingerprint density at radius 2 is 2.06 bits per heavy atom. The largest absolute Gasteiger partial charge is 0.292 e. The van der Waals surface area contributed by atoms with Crippen LogP contribution in [0.15, 0.2) is 24.3 Å². The van der Waals surface area contributed by atoms with Crippen molar-refractivity contribution >= 4 is 16.7 Å². The van der Waals surface area contributed by atoms with Gasteiger partial charge in [0.2, 0.25) is 0 Å². The second-order valence-electron chi connectivity index (χ2n) is 4.47. The Kier molecular flexibility index (Phi) is 2.03. The molecule has 0 bridgehead atoms. The molecule has 16 heavy (non-hydrogen) atoms. The number of hydrogen-bond donors (Lipinski definition) is 0. The van der Waals surface area contributed by atoms with Crippen LogP contribution in [0.3, 0.4) is 0 Å². The lowest BCUT2D eigenvalue weighted by Crippen LogP contribution is -2.13. The number of nitrogens with zero attached hydrogens (tertiary/aromatic N) is 1. The predicted octanol–water partition coefficient (Wildman–Crippen LogP) is 3.06. The normalized spacial score (nSPS) is 15.2. The summed E-state index contributed by atoms with van der Waals surface area (Å²) in [6.45, 7) is 2.04. The number of pyridine rings is 1. The quantitative estimate of drug-likeness (QED) is 0.670. The van der Waals surface area contributed by atoms with E-state index >= 15 is 0 Å². The highest BCUT2D eigenvalue weighted by Gasteiger charge is 2.19. The molecular formula is C14H13NO. The molecule has 1 aromatic carbocycles. The fourth-order valence-corrected chi connectivity index (χ4v) is 2.31. The summed E-state index contributed by atoms with van der Waals surface area (Å²) in [5.41, 5.74) is 3.94. The van der Waals surface area contributed by atoms with E-state index in [0.29, 0.717) is 12.1 Å². The van der Waals surface area contributed by atoms with Crippen molar-refractivity contribution in [3.63, 3.8) is 0 Å². The zero-order valence-corrected chi connectivity index (χ0v) is 9.29. The second kappa shape index (κ2) is 3.41. The molecule has 2 aromatic rings. The SMILES string of the molecule is Cc1ccc2cc3c(nc2c1)C(=O)CCC3. The minimum absolute atomic E-state index is 0.199. The van der Waals surface area contributed by atoms with Gasteiger partial charge in [-0.2, -0.15) is 0 Å². The first-order chi connectivity index (χ1) is 7.74. The molecule has 2 nitrogen and oxygen atoms in total. The van der Waals surface area contributed by atoms with Crippen LogP contribution in [0.4, 0.5) is 0 Å². The van der Waals surface area contributed by atoms with Gasteiger partial charge in [0.05, 0.1) is 5.52 Å². The lowest BCUT2D eigenvalue weighted by Gasteiger charge is -2.14. The number of aromatic nitrogens is 1. The van der Waals surface area contributed by atoms with Gasteiger partial charge in [0, 0.05) is 11.8 Å². The van der Waals surface area contributed by atoms with E-state index in [1.54, 1.807) is 0 Å². The minimum Gasteiger partial charge on any atom is -0.292 e. The molecule has 0 spiro atoms. The lowest BCUT2D eigenvalue weighted by molar-refractivity contribution is 0.0967. The minimum atomic E-state index is 0.199. The number of ketones is 1. The number of Topliss-reactive ketones (excluding diaryl/α,β-unsaturated/α-hetero) is 1. The maximum Gasteiger partial charge on any atom is 0.181 e. The Labute approximate surface area is 94.3 Å². The van der Waals surface area contributed by atoms with Crippen LogP contribution < -0.4 is 0 Å². The summed E-state index contributed by atoms with van der Waals surface area (Å²) in [5, 5.41) is 1.14. The van der Waals surface area contributed by atoms with E-state index in [0.717, 1.165) is 29.3 Å². The molecule has 3 rings (SSSR count). The molecule has 2 heteroatoms. The number of carbonyl (C=O) groups excluding carboxylic acids is 1. The van der Waals surface area contributed by atoms with Gasteiger partial charge in [-0.15, -0.1) is 0 Å². The van der Waals surface area contributed by atoms with Gasteiger partial charge in [-0.25, -0.2) is 4.98 Å². The molecule has 1 aromatic heterocycles. The van der Waals surface area contributed by atoms with E-state index in [-0.39, 0.29) is 5.78 Å². The maximum absolute atomic E-state index is 11.8. The molecule has 0 aliphatic heterocycles. The summed E-state index contributed by atoms with van der Waals surface area (Å²) in [4.78, 5) is 16.3. The first-order valence-electron chi connectivity index (χ1n) is 5.67. The summed E-state index contributed by atoms with van der Waals surface area (Å²) >= 11 is 0. The van der Waals surface area contributed by atoms with Gasteiger partial charge < -0.3 is 0 Å². The van der Waals surface area contributed by atoms with E-state index in [1.165, 1.54) is 5.56 Å².